The molecule has 2 aromatic carbocycles. The van der Waals surface area contributed by atoms with E-state index in [1.807, 2.05) is 37.3 Å². The van der Waals surface area contributed by atoms with Crippen molar-refractivity contribution in [2.75, 3.05) is 5.75 Å². The molecule has 0 radical (unpaired) electrons. The van der Waals surface area contributed by atoms with Gasteiger partial charge in [0, 0.05) is 39.0 Å². The second-order valence-electron chi connectivity index (χ2n) is 8.93. The van der Waals surface area contributed by atoms with Crippen molar-refractivity contribution in [3.8, 4) is 0 Å². The molecule has 0 spiro atoms. The van der Waals surface area contributed by atoms with Gasteiger partial charge in [0.15, 0.2) is 0 Å². The predicted molar refractivity (Wildman–Crippen MR) is 148 cm³/mol. The smallest absolute Gasteiger partial charge is 0.243 e. The third kappa shape index (κ3) is 8.89. The minimum Gasteiger partial charge on any atom is -0.352 e. The van der Waals surface area contributed by atoms with Crippen molar-refractivity contribution in [1.82, 2.24) is 10.2 Å². The number of nitrogens with zero attached hydrogens (tertiary/aromatic N) is 1. The summed E-state index contributed by atoms with van der Waals surface area (Å²) in [5, 5.41) is 4.95. The van der Waals surface area contributed by atoms with Gasteiger partial charge in [0.05, 0.1) is 0 Å². The van der Waals surface area contributed by atoms with E-state index in [-0.39, 0.29) is 24.4 Å². The first-order valence-electron chi connectivity index (χ1n) is 12.3. The Labute approximate surface area is 228 Å². The van der Waals surface area contributed by atoms with Gasteiger partial charge in [-0.3, -0.25) is 9.59 Å². The highest BCUT2D eigenvalue weighted by Gasteiger charge is 2.30. The minimum atomic E-state index is -0.542. The number of hydrogen-bond donors (Lipinski definition) is 1. The second-order valence-corrected chi connectivity index (χ2v) is 11.4. The molecule has 3 rings (SSSR count). The van der Waals surface area contributed by atoms with E-state index in [4.69, 9.17) is 34.8 Å². The van der Waals surface area contributed by atoms with Gasteiger partial charge in [0.2, 0.25) is 11.8 Å². The number of hydrogen-bond acceptors (Lipinski definition) is 3. The van der Waals surface area contributed by atoms with E-state index in [2.05, 4.69) is 5.32 Å². The summed E-state index contributed by atoms with van der Waals surface area (Å²) in [5.74, 6) is 0.681. The zero-order chi connectivity index (χ0) is 25.2. The highest BCUT2D eigenvalue weighted by Crippen LogP contribution is 2.26. The predicted octanol–water partition coefficient (Wildman–Crippen LogP) is 7.78. The first-order valence-corrected chi connectivity index (χ1v) is 14.4. The van der Waals surface area contributed by atoms with E-state index in [0.29, 0.717) is 34.3 Å². The summed E-state index contributed by atoms with van der Waals surface area (Å²) >= 11 is 20.1. The van der Waals surface area contributed by atoms with Crippen LogP contribution in [0.2, 0.25) is 15.1 Å². The molecule has 35 heavy (non-hydrogen) atoms. The average molecular weight is 556 g/mol. The largest absolute Gasteiger partial charge is 0.352 e. The third-order valence-electron chi connectivity index (χ3n) is 6.31. The Kier molecular flexibility index (Phi) is 11.6. The van der Waals surface area contributed by atoms with Crippen LogP contribution in [-0.4, -0.2) is 34.6 Å². The maximum absolute atomic E-state index is 13.4. The fraction of sp³-hybridized carbons (Fsp3) is 0.481. The normalized spacial score (nSPS) is 15.0. The summed E-state index contributed by atoms with van der Waals surface area (Å²) in [5.41, 5.74) is 0.781. The molecule has 1 N–H and O–H groups in total. The van der Waals surface area contributed by atoms with Crippen LogP contribution in [0, 0.1) is 0 Å². The van der Waals surface area contributed by atoms with Crippen LogP contribution >= 0.6 is 46.6 Å². The van der Waals surface area contributed by atoms with Gasteiger partial charge in [-0.2, -0.15) is 0 Å². The molecule has 1 aliphatic rings. The Hall–Kier alpha value is -1.40. The molecular weight excluding hydrogens is 523 g/mol. The summed E-state index contributed by atoms with van der Waals surface area (Å²) in [6.07, 6.45) is 7.09. The number of carbonyl (C=O) groups excluding carboxylic acids is 2. The zero-order valence-electron chi connectivity index (χ0n) is 20.1. The Morgan fingerprint density at radius 2 is 1.71 bits per heavy atom. The fourth-order valence-electron chi connectivity index (χ4n) is 4.39. The molecule has 0 aromatic heterocycles. The van der Waals surface area contributed by atoms with Crippen LogP contribution < -0.4 is 5.32 Å². The van der Waals surface area contributed by atoms with E-state index in [9.17, 15) is 9.59 Å². The lowest BCUT2D eigenvalue weighted by Gasteiger charge is -2.33. The third-order valence-corrected chi connectivity index (χ3v) is 8.25. The van der Waals surface area contributed by atoms with Crippen LogP contribution in [0.3, 0.4) is 0 Å². The molecule has 1 fully saturated rings. The van der Waals surface area contributed by atoms with E-state index >= 15 is 0 Å². The molecule has 1 atom stereocenters. The second kappa shape index (κ2) is 14.4. The molecule has 4 nitrogen and oxygen atoms in total. The van der Waals surface area contributed by atoms with Gasteiger partial charge in [-0.25, -0.2) is 0 Å². The standard InChI is InChI=1S/C27H33Cl3N2O2S/c1-2-25(27(34)31-22-7-4-3-5-8-22)32(18-19-10-11-21(29)17-24(19)30)26(33)9-6-16-35-23-14-12-20(28)13-15-23/h10-15,17,22,25H,2-9,16,18H2,1H3,(H,31,34)/t25-/m0/s1. The lowest BCUT2D eigenvalue weighted by molar-refractivity contribution is -0.141. The minimum absolute atomic E-state index is 0.0432. The fourth-order valence-corrected chi connectivity index (χ4v) is 5.83. The van der Waals surface area contributed by atoms with Gasteiger partial charge < -0.3 is 10.2 Å². The van der Waals surface area contributed by atoms with Crippen molar-refractivity contribution < 1.29 is 9.59 Å². The van der Waals surface area contributed by atoms with Crippen molar-refractivity contribution >= 4 is 58.4 Å². The van der Waals surface area contributed by atoms with Crippen LogP contribution in [0.1, 0.15) is 63.9 Å². The van der Waals surface area contributed by atoms with Crippen LogP contribution in [0.5, 0.6) is 0 Å². The van der Waals surface area contributed by atoms with Gasteiger partial charge in [-0.15, -0.1) is 11.8 Å². The lowest BCUT2D eigenvalue weighted by atomic mass is 9.95. The quantitative estimate of drug-likeness (QED) is 0.227. The molecule has 190 valence electrons. The highest BCUT2D eigenvalue weighted by molar-refractivity contribution is 7.99. The monoisotopic (exact) mass is 554 g/mol. The molecule has 0 heterocycles. The lowest BCUT2D eigenvalue weighted by Crippen LogP contribution is -2.51. The highest BCUT2D eigenvalue weighted by atomic mass is 35.5. The molecule has 1 saturated carbocycles. The summed E-state index contributed by atoms with van der Waals surface area (Å²) in [6.45, 7) is 2.22. The summed E-state index contributed by atoms with van der Waals surface area (Å²) in [4.78, 5) is 29.5. The number of thioether (sulfide) groups is 1. The molecule has 0 aliphatic heterocycles. The van der Waals surface area contributed by atoms with E-state index < -0.39 is 6.04 Å². The van der Waals surface area contributed by atoms with Gasteiger partial charge >= 0.3 is 0 Å². The first kappa shape index (κ1) is 28.2. The van der Waals surface area contributed by atoms with Crippen molar-refractivity contribution in [2.45, 2.75) is 81.8 Å². The average Bonchev–Trinajstić information content (AvgIpc) is 2.84. The van der Waals surface area contributed by atoms with E-state index in [0.717, 1.165) is 41.9 Å². The number of carbonyl (C=O) groups is 2. The summed E-state index contributed by atoms with van der Waals surface area (Å²) < 4.78 is 0. The maximum Gasteiger partial charge on any atom is 0.243 e. The maximum atomic E-state index is 13.4. The molecule has 1 aliphatic carbocycles. The van der Waals surface area contributed by atoms with Crippen LogP contribution in [-0.2, 0) is 16.1 Å². The van der Waals surface area contributed by atoms with Gasteiger partial charge in [0.25, 0.3) is 0 Å². The number of benzene rings is 2. The number of nitrogens with one attached hydrogen (secondary N) is 1. The van der Waals surface area contributed by atoms with Crippen molar-refractivity contribution in [3.05, 3.63) is 63.1 Å². The van der Waals surface area contributed by atoms with E-state index in [1.54, 1.807) is 28.8 Å². The van der Waals surface area contributed by atoms with Crippen molar-refractivity contribution in [3.63, 3.8) is 0 Å². The molecule has 0 bridgehead atoms. The van der Waals surface area contributed by atoms with Crippen molar-refractivity contribution in [1.29, 1.82) is 0 Å². The molecule has 0 unspecified atom stereocenters. The van der Waals surface area contributed by atoms with Gasteiger partial charge in [0.1, 0.15) is 6.04 Å². The Balaban J connectivity index is 1.67. The summed E-state index contributed by atoms with van der Waals surface area (Å²) in [7, 11) is 0. The number of halogens is 3. The van der Waals surface area contributed by atoms with Crippen LogP contribution in [0.25, 0.3) is 0 Å². The van der Waals surface area contributed by atoms with Gasteiger partial charge in [-0.1, -0.05) is 67.1 Å². The van der Waals surface area contributed by atoms with Gasteiger partial charge in [-0.05, 0) is 73.4 Å². The molecular formula is C27H33Cl3N2O2S. The first-order chi connectivity index (χ1) is 16.9. The van der Waals surface area contributed by atoms with Crippen LogP contribution in [0.15, 0.2) is 47.4 Å². The molecule has 8 heteroatoms. The zero-order valence-corrected chi connectivity index (χ0v) is 23.2. The molecule has 2 amide bonds. The van der Waals surface area contributed by atoms with Crippen LogP contribution in [0.4, 0.5) is 0 Å². The SMILES string of the molecule is CC[C@@H](C(=O)NC1CCCCC1)N(Cc1ccc(Cl)cc1Cl)C(=O)CCCSc1ccc(Cl)cc1. The molecule has 2 aromatic rings. The Bertz CT molecular complexity index is 981. The Morgan fingerprint density at radius 1 is 1.03 bits per heavy atom. The number of rotatable bonds is 11. The Morgan fingerprint density at radius 3 is 2.37 bits per heavy atom. The molecule has 0 saturated heterocycles. The topological polar surface area (TPSA) is 49.4 Å². The van der Waals surface area contributed by atoms with E-state index in [1.165, 1.54) is 6.42 Å². The van der Waals surface area contributed by atoms with Crippen molar-refractivity contribution in [2.24, 2.45) is 0 Å². The number of amides is 2. The summed E-state index contributed by atoms with van der Waals surface area (Å²) in [6, 6.07) is 12.6.